The van der Waals surface area contributed by atoms with Crippen LogP contribution < -0.4 is 11.1 Å². The third-order valence-electron chi connectivity index (χ3n) is 2.44. The van der Waals surface area contributed by atoms with E-state index in [0.29, 0.717) is 23.4 Å². The average molecular weight is 231 g/mol. The Hall–Kier alpha value is -2.10. The first-order chi connectivity index (χ1) is 8.09. The minimum atomic E-state index is -0.394. The molecule has 3 N–H and O–H groups in total. The van der Waals surface area contributed by atoms with Gasteiger partial charge in [-0.2, -0.15) is 0 Å². The molecule has 1 heterocycles. The summed E-state index contributed by atoms with van der Waals surface area (Å²) in [6.07, 6.45) is 1.62. The second kappa shape index (κ2) is 4.41. The summed E-state index contributed by atoms with van der Waals surface area (Å²) in [6.45, 7) is 6.15. The Balaban J connectivity index is 2.57. The number of pyridine rings is 1. The third-order valence-corrected chi connectivity index (χ3v) is 2.44. The highest BCUT2D eigenvalue weighted by Crippen LogP contribution is 2.29. The molecule has 0 fully saturated rings. The smallest absolute Gasteiger partial charge is 0.150 e. The van der Waals surface area contributed by atoms with Crippen molar-refractivity contribution in [1.29, 1.82) is 0 Å². The van der Waals surface area contributed by atoms with Gasteiger partial charge in [-0.1, -0.05) is 12.2 Å². The highest BCUT2D eigenvalue weighted by atomic mass is 19.1. The SMILES string of the molecule is C=C(C)CNc1c(F)cc(N)c2cccnc12. The number of fused-ring (bicyclic) bond motifs is 1. The van der Waals surface area contributed by atoms with Gasteiger partial charge in [-0.3, -0.25) is 4.98 Å². The normalized spacial score (nSPS) is 10.5. The predicted molar refractivity (Wildman–Crippen MR) is 69.4 cm³/mol. The van der Waals surface area contributed by atoms with Crippen molar-refractivity contribution in [3.63, 3.8) is 0 Å². The molecule has 0 unspecified atom stereocenters. The summed E-state index contributed by atoms with van der Waals surface area (Å²) in [5.74, 6) is -0.394. The summed E-state index contributed by atoms with van der Waals surface area (Å²) in [4.78, 5) is 4.17. The molecule has 0 saturated carbocycles. The molecule has 4 heteroatoms. The lowest BCUT2D eigenvalue weighted by molar-refractivity contribution is 0.632. The van der Waals surface area contributed by atoms with Gasteiger partial charge in [-0.25, -0.2) is 4.39 Å². The predicted octanol–water partition coefficient (Wildman–Crippen LogP) is 2.94. The number of nitrogens with two attached hydrogens (primary N) is 1. The second-order valence-electron chi connectivity index (χ2n) is 4.03. The Morgan fingerprint density at radius 2 is 2.35 bits per heavy atom. The van der Waals surface area contributed by atoms with E-state index >= 15 is 0 Å². The molecule has 0 aliphatic carbocycles. The Kier molecular flexibility index (Phi) is 2.95. The summed E-state index contributed by atoms with van der Waals surface area (Å²) in [5, 5.41) is 3.74. The molecule has 0 radical (unpaired) electrons. The van der Waals surface area contributed by atoms with Gasteiger partial charge in [0.25, 0.3) is 0 Å². The van der Waals surface area contributed by atoms with Crippen LogP contribution >= 0.6 is 0 Å². The molecule has 1 aromatic heterocycles. The lowest BCUT2D eigenvalue weighted by Crippen LogP contribution is -2.06. The molecule has 0 amide bonds. The Morgan fingerprint density at radius 1 is 1.59 bits per heavy atom. The largest absolute Gasteiger partial charge is 0.398 e. The number of nitrogen functional groups attached to an aromatic ring is 1. The summed E-state index contributed by atoms with van der Waals surface area (Å²) in [5.41, 5.74) is 7.99. The topological polar surface area (TPSA) is 50.9 Å². The molecule has 2 rings (SSSR count). The highest BCUT2D eigenvalue weighted by molar-refractivity contribution is 5.98. The van der Waals surface area contributed by atoms with Crippen LogP contribution in [0.3, 0.4) is 0 Å². The maximum Gasteiger partial charge on any atom is 0.150 e. The van der Waals surface area contributed by atoms with Crippen molar-refractivity contribution in [2.45, 2.75) is 6.92 Å². The van der Waals surface area contributed by atoms with E-state index in [0.717, 1.165) is 11.0 Å². The first-order valence-corrected chi connectivity index (χ1v) is 5.30. The number of aromatic nitrogens is 1. The van der Waals surface area contributed by atoms with E-state index in [9.17, 15) is 4.39 Å². The maximum atomic E-state index is 13.8. The van der Waals surface area contributed by atoms with Gasteiger partial charge in [-0.05, 0) is 25.1 Å². The van der Waals surface area contributed by atoms with Crippen molar-refractivity contribution >= 4 is 22.3 Å². The number of nitrogens with one attached hydrogen (secondary N) is 1. The first kappa shape index (κ1) is 11.4. The van der Waals surface area contributed by atoms with Crippen LogP contribution in [-0.4, -0.2) is 11.5 Å². The summed E-state index contributed by atoms with van der Waals surface area (Å²) in [7, 11) is 0. The van der Waals surface area contributed by atoms with Crippen molar-refractivity contribution in [2.75, 3.05) is 17.6 Å². The standard InChI is InChI=1S/C13H14FN3/c1-8(2)7-17-13-10(14)6-11(15)9-4-3-5-16-12(9)13/h3-6,17H,1,7,15H2,2H3. The molecule has 2 aromatic rings. The molecule has 0 aliphatic rings. The molecule has 0 atom stereocenters. The molecule has 0 saturated heterocycles. The highest BCUT2D eigenvalue weighted by Gasteiger charge is 2.11. The van der Waals surface area contributed by atoms with Gasteiger partial charge < -0.3 is 11.1 Å². The van der Waals surface area contributed by atoms with Crippen molar-refractivity contribution < 1.29 is 4.39 Å². The van der Waals surface area contributed by atoms with E-state index in [-0.39, 0.29) is 0 Å². The average Bonchev–Trinajstić information content (AvgIpc) is 2.28. The molecule has 0 spiro atoms. The summed E-state index contributed by atoms with van der Waals surface area (Å²) < 4.78 is 13.8. The van der Waals surface area contributed by atoms with Crippen LogP contribution in [0.2, 0.25) is 0 Å². The Morgan fingerprint density at radius 3 is 3.06 bits per heavy atom. The van der Waals surface area contributed by atoms with Crippen molar-refractivity contribution in [1.82, 2.24) is 4.98 Å². The monoisotopic (exact) mass is 231 g/mol. The molecule has 3 nitrogen and oxygen atoms in total. The van der Waals surface area contributed by atoms with Crippen LogP contribution in [0.15, 0.2) is 36.5 Å². The number of hydrogen-bond donors (Lipinski definition) is 2. The summed E-state index contributed by atoms with van der Waals surface area (Å²) in [6, 6.07) is 4.91. The lowest BCUT2D eigenvalue weighted by atomic mass is 10.1. The van der Waals surface area contributed by atoms with Crippen LogP contribution in [0.5, 0.6) is 0 Å². The molecule has 1 aromatic carbocycles. The van der Waals surface area contributed by atoms with Crippen molar-refractivity contribution in [3.05, 3.63) is 42.4 Å². The van der Waals surface area contributed by atoms with E-state index in [1.807, 2.05) is 13.0 Å². The van der Waals surface area contributed by atoms with Crippen LogP contribution in [0.1, 0.15) is 6.92 Å². The van der Waals surface area contributed by atoms with E-state index in [4.69, 9.17) is 5.73 Å². The summed E-state index contributed by atoms with van der Waals surface area (Å²) >= 11 is 0. The van der Waals surface area contributed by atoms with Gasteiger partial charge in [0.15, 0.2) is 5.82 Å². The number of anilines is 2. The van der Waals surface area contributed by atoms with Gasteiger partial charge in [0.1, 0.15) is 0 Å². The minimum Gasteiger partial charge on any atom is -0.398 e. The van der Waals surface area contributed by atoms with Crippen molar-refractivity contribution in [3.8, 4) is 0 Å². The van der Waals surface area contributed by atoms with Gasteiger partial charge >= 0.3 is 0 Å². The van der Waals surface area contributed by atoms with Crippen LogP contribution in [0.4, 0.5) is 15.8 Å². The first-order valence-electron chi connectivity index (χ1n) is 5.30. The quantitative estimate of drug-likeness (QED) is 0.630. The van der Waals surface area contributed by atoms with E-state index < -0.39 is 5.82 Å². The molecular formula is C13H14FN3. The second-order valence-corrected chi connectivity index (χ2v) is 4.03. The number of halogens is 1. The fourth-order valence-corrected chi connectivity index (χ4v) is 1.64. The van der Waals surface area contributed by atoms with E-state index in [1.54, 1.807) is 12.3 Å². The fraction of sp³-hybridized carbons (Fsp3) is 0.154. The number of hydrogen-bond acceptors (Lipinski definition) is 3. The Bertz CT molecular complexity index is 578. The van der Waals surface area contributed by atoms with Gasteiger partial charge in [0.05, 0.1) is 11.2 Å². The van der Waals surface area contributed by atoms with Crippen LogP contribution in [0, 0.1) is 5.82 Å². The molecule has 0 aliphatic heterocycles. The Labute approximate surface area is 99.2 Å². The maximum absolute atomic E-state index is 13.8. The van der Waals surface area contributed by atoms with E-state index in [1.165, 1.54) is 6.07 Å². The van der Waals surface area contributed by atoms with E-state index in [2.05, 4.69) is 16.9 Å². The zero-order valence-electron chi connectivity index (χ0n) is 9.63. The minimum absolute atomic E-state index is 0.373. The van der Waals surface area contributed by atoms with Gasteiger partial charge in [0, 0.05) is 23.8 Å². The third kappa shape index (κ3) is 2.20. The van der Waals surface area contributed by atoms with Crippen LogP contribution in [-0.2, 0) is 0 Å². The van der Waals surface area contributed by atoms with Gasteiger partial charge in [-0.15, -0.1) is 0 Å². The number of nitrogens with zero attached hydrogens (tertiary/aromatic N) is 1. The van der Waals surface area contributed by atoms with Gasteiger partial charge in [0.2, 0.25) is 0 Å². The lowest BCUT2D eigenvalue weighted by Gasteiger charge is -2.11. The molecule has 88 valence electrons. The van der Waals surface area contributed by atoms with Crippen LogP contribution in [0.25, 0.3) is 10.9 Å². The molecule has 0 bridgehead atoms. The fourth-order valence-electron chi connectivity index (χ4n) is 1.64. The zero-order valence-corrected chi connectivity index (χ0v) is 9.63. The molecular weight excluding hydrogens is 217 g/mol. The van der Waals surface area contributed by atoms with Crippen molar-refractivity contribution in [2.24, 2.45) is 0 Å². The number of rotatable bonds is 3. The number of benzene rings is 1. The zero-order chi connectivity index (χ0) is 12.4. The molecule has 17 heavy (non-hydrogen) atoms.